The molecule has 0 saturated heterocycles. The molecule has 0 spiro atoms. The van der Waals surface area contributed by atoms with Crippen LogP contribution in [0.1, 0.15) is 25.7 Å². The number of benzene rings is 2. The lowest BCUT2D eigenvalue weighted by molar-refractivity contribution is 0.00443. The number of anilines is 8. The minimum atomic E-state index is -1.04. The molecule has 0 bridgehead atoms. The van der Waals surface area contributed by atoms with Crippen LogP contribution >= 0.6 is 11.3 Å². The number of rotatable bonds is 16. The molecule has 0 aliphatic heterocycles. The van der Waals surface area contributed by atoms with E-state index in [1.807, 2.05) is 78.3 Å². The third-order valence-corrected chi connectivity index (χ3v) is 19.6. The molecule has 11 aromatic rings. The van der Waals surface area contributed by atoms with Crippen molar-refractivity contribution in [1.82, 2.24) is 69.4 Å². The van der Waals surface area contributed by atoms with E-state index in [2.05, 4.69) is 86.1 Å². The fourth-order valence-electron chi connectivity index (χ4n) is 13.0. The van der Waals surface area contributed by atoms with E-state index in [0.29, 0.717) is 105 Å². The molecule has 0 amide bonds. The molecule has 0 radical (unpaired) electrons. The van der Waals surface area contributed by atoms with Gasteiger partial charge in [-0.3, -0.25) is 4.98 Å². The number of nitrogen functional groups attached to an aromatic ring is 4. The van der Waals surface area contributed by atoms with E-state index in [1.54, 1.807) is 43.1 Å². The third-order valence-electron chi connectivity index (χ3n) is 18.6. The second kappa shape index (κ2) is 31.4. The van der Waals surface area contributed by atoms with E-state index >= 15 is 0 Å². The summed E-state index contributed by atoms with van der Waals surface area (Å²) in [6.45, 7) is -0.783. The highest BCUT2D eigenvalue weighted by atomic mass is 32.1. The maximum Gasteiger partial charge on any atom is 0.232 e. The number of aromatic nitrogens is 14. The number of hydrogen-bond acceptors (Lipinski definition) is 35. The number of nitrogens with two attached hydrogens (primary N) is 4. The van der Waals surface area contributed by atoms with Crippen molar-refractivity contribution in [2.45, 2.75) is 98.7 Å². The molecule has 35 nitrogen and oxygen atoms in total. The first-order valence-corrected chi connectivity index (χ1v) is 33.4. The van der Waals surface area contributed by atoms with E-state index in [-0.39, 0.29) is 56.1 Å². The van der Waals surface area contributed by atoms with Crippen molar-refractivity contribution in [1.29, 1.82) is 0 Å². The summed E-state index contributed by atoms with van der Waals surface area (Å²) >= 11 is 1.40. The van der Waals surface area contributed by atoms with Crippen molar-refractivity contribution >= 4 is 90.9 Å². The van der Waals surface area contributed by atoms with Crippen LogP contribution in [0.5, 0.6) is 0 Å². The number of aryl methyl sites for hydroxylation is 1. The van der Waals surface area contributed by atoms with E-state index in [4.69, 9.17) is 27.4 Å². The summed E-state index contributed by atoms with van der Waals surface area (Å²) < 4.78 is 7.70. The van der Waals surface area contributed by atoms with Crippen LogP contribution < -0.4 is 44.2 Å². The smallest absolute Gasteiger partial charge is 0.232 e. The Morgan fingerprint density at radius 1 is 0.422 bits per heavy atom. The zero-order valence-corrected chi connectivity index (χ0v) is 55.4. The lowest BCUT2D eigenvalue weighted by Gasteiger charge is -2.20. The van der Waals surface area contributed by atoms with Crippen LogP contribution in [-0.4, -0.2) is 230 Å². The minimum absolute atomic E-state index is 0.0547. The number of oxazole rings is 1. The first kappa shape index (κ1) is 71.6. The van der Waals surface area contributed by atoms with Crippen molar-refractivity contribution in [2.24, 2.45) is 30.7 Å². The van der Waals surface area contributed by atoms with Gasteiger partial charge in [0, 0.05) is 94.3 Å². The van der Waals surface area contributed by atoms with Crippen LogP contribution in [-0.2, 0) is 7.05 Å². The Bertz CT molecular complexity index is 4440. The average Bonchev–Trinajstić information content (AvgIpc) is 1.61. The first-order valence-electron chi connectivity index (χ1n) is 32.6. The molecular formula is C66H78N22O13S. The number of nitrogens with one attached hydrogen (secondary N) is 4. The van der Waals surface area contributed by atoms with Gasteiger partial charge in [-0.15, -0.1) is 0 Å². The van der Waals surface area contributed by atoms with Gasteiger partial charge in [0.1, 0.15) is 74.4 Å². The van der Waals surface area contributed by atoms with Gasteiger partial charge < -0.3 is 114 Å². The van der Waals surface area contributed by atoms with Gasteiger partial charge in [-0.2, -0.15) is 19.9 Å². The van der Waals surface area contributed by atoms with Gasteiger partial charge in [0.25, 0.3) is 0 Å². The van der Waals surface area contributed by atoms with Crippen LogP contribution in [0.25, 0.3) is 77.2 Å². The van der Waals surface area contributed by atoms with Gasteiger partial charge in [0.05, 0.1) is 87.6 Å². The molecule has 16 atom stereocenters. The molecule has 4 aliphatic carbocycles. The summed E-state index contributed by atoms with van der Waals surface area (Å²) in [4.78, 5) is 56.0. The number of hydrogen-bond donors (Lipinski definition) is 20. The monoisotopic (exact) mass is 1420 g/mol. The molecule has 4 aliphatic rings. The molecule has 9 aromatic heterocycles. The Morgan fingerprint density at radius 3 is 1.29 bits per heavy atom. The molecule has 0 unspecified atom stereocenters. The van der Waals surface area contributed by atoms with E-state index < -0.39 is 90.8 Å². The number of imidazole rings is 1. The molecule has 24 N–H and O–H groups in total. The Hall–Kier alpha value is -10.2. The van der Waals surface area contributed by atoms with Crippen molar-refractivity contribution < 1.29 is 65.7 Å². The van der Waals surface area contributed by atoms with Crippen LogP contribution in [0, 0.1) is 23.7 Å². The predicted octanol–water partition coefficient (Wildman–Crippen LogP) is 0.389. The number of aliphatic hydroxyl groups is 12. The summed E-state index contributed by atoms with van der Waals surface area (Å²) in [5.74, 6) is 1.37. The number of pyridine rings is 2. The fraction of sp³-hybridized carbons (Fsp3) is 0.379. The molecular weight excluding hydrogens is 1340 g/mol. The maximum atomic E-state index is 10.3. The van der Waals surface area contributed by atoms with E-state index in [0.717, 1.165) is 21.4 Å². The Balaban J connectivity index is 0.000000129. The van der Waals surface area contributed by atoms with Crippen molar-refractivity contribution in [2.75, 3.05) is 70.6 Å². The number of thiazole rings is 1. The number of aliphatic hydroxyl groups excluding tert-OH is 12. The molecule has 4 fully saturated rings. The predicted molar refractivity (Wildman–Crippen MR) is 377 cm³/mol. The molecule has 102 heavy (non-hydrogen) atoms. The van der Waals surface area contributed by atoms with Crippen molar-refractivity contribution in [3.8, 4) is 44.7 Å². The summed E-state index contributed by atoms with van der Waals surface area (Å²) in [5.41, 5.74) is 29.8. The summed E-state index contributed by atoms with van der Waals surface area (Å²) in [6.07, 6.45) is 3.15. The van der Waals surface area contributed by atoms with Gasteiger partial charge in [-0.05, 0) is 74.2 Å². The Kier molecular flexibility index (Phi) is 22.0. The SMILES string of the molecule is Cn1c(-c2cnc(N)nc2N[C@@H]2C[C@H](CO)[C@@H](O)[C@H]2O)nc2ccccc21.Nc1ncc(-c2ccccn2)c(N[C@@H]2C[C@H](CO)[C@@H](O)[C@H]2O)n1.Nc1ncc(-c2nc3ccccc3o2)c(N[C@@H]2C[C@H](CO)[C@@H](O)[C@H]2O)n1.Nc1ncc(-c2nc3cccnc3s2)c(N[C@@H]2C[C@H](CO)[C@@H](O)[C@H]2O)n1. The first-order chi connectivity index (χ1) is 49.2. The maximum absolute atomic E-state index is 10.3. The highest BCUT2D eigenvalue weighted by molar-refractivity contribution is 7.21. The highest BCUT2D eigenvalue weighted by Crippen LogP contribution is 2.39. The number of nitrogens with zero attached hydrogens (tertiary/aromatic N) is 14. The largest absolute Gasteiger partial charge is 0.436 e. The average molecular weight is 1420 g/mol. The zero-order chi connectivity index (χ0) is 72.0. The number of fused-ring (bicyclic) bond motifs is 3. The molecule has 9 heterocycles. The van der Waals surface area contributed by atoms with Gasteiger partial charge >= 0.3 is 0 Å². The van der Waals surface area contributed by atoms with Crippen LogP contribution in [0.4, 0.5) is 47.1 Å². The third kappa shape index (κ3) is 15.4. The molecule has 15 rings (SSSR count). The summed E-state index contributed by atoms with van der Waals surface area (Å²) in [5, 5.41) is 131. The summed E-state index contributed by atoms with van der Waals surface area (Å²) in [7, 11) is 1.90. The second-order valence-electron chi connectivity index (χ2n) is 25.1. The van der Waals surface area contributed by atoms with E-state index in [9.17, 15) is 61.3 Å². The quantitative estimate of drug-likeness (QED) is 0.0622. The molecule has 2 aromatic carbocycles. The molecule has 4 saturated carbocycles. The van der Waals surface area contributed by atoms with Crippen LogP contribution in [0.2, 0.25) is 0 Å². The van der Waals surface area contributed by atoms with Crippen molar-refractivity contribution in [3.05, 3.63) is 116 Å². The van der Waals surface area contributed by atoms with Gasteiger partial charge in [0.15, 0.2) is 5.58 Å². The normalized spacial score (nSPS) is 25.9. The van der Waals surface area contributed by atoms with E-state index in [1.165, 1.54) is 17.5 Å². The Morgan fingerprint density at radius 2 is 0.833 bits per heavy atom. The molecule has 536 valence electrons. The van der Waals surface area contributed by atoms with Crippen molar-refractivity contribution in [3.63, 3.8) is 0 Å². The second-order valence-corrected chi connectivity index (χ2v) is 26.1. The molecule has 36 heteroatoms. The zero-order valence-electron chi connectivity index (χ0n) is 54.6. The van der Waals surface area contributed by atoms with Crippen LogP contribution in [0.15, 0.2) is 120 Å². The topological polar surface area (TPSA) is 581 Å². The minimum Gasteiger partial charge on any atom is -0.436 e. The lowest BCUT2D eigenvalue weighted by Crippen LogP contribution is -2.35. The van der Waals surface area contributed by atoms with Gasteiger partial charge in [-0.1, -0.05) is 41.7 Å². The van der Waals surface area contributed by atoms with Crippen LogP contribution in [0.3, 0.4) is 0 Å². The summed E-state index contributed by atoms with van der Waals surface area (Å²) in [6, 6.07) is 22.4. The fourth-order valence-corrected chi connectivity index (χ4v) is 13.9. The Labute approximate surface area is 584 Å². The number of para-hydroxylation sites is 4. The van der Waals surface area contributed by atoms with Gasteiger partial charge in [-0.25, -0.2) is 39.9 Å². The lowest BCUT2D eigenvalue weighted by atomic mass is 10.1. The standard InChI is InChI=1S/C18H22N6O3.C17H19N5O4.C16H18N6O3S.C15H19N5O3/c1-24-13-5-3-2-4-11(13)22-17(24)10-7-20-18(19)23-16(10)21-12-6-9(8-25)14(26)15(12)27;18-17-19-6-9(16-21-10-3-1-2-4-12(10)26-16)15(22-17)20-11-5-8(7-23)13(24)14(11)25;17-16-19-5-8(14-21-9-2-1-3-18-15(9)26-14)13(22-16)20-10-4-7(6-23)11(24)12(10)25;16-15-18-6-9(10-3-1-2-4-17-10)14(20-15)19-11-5-8(7-21)12(22)13(11)23/h2-5,7,9,12,14-15,25-27H,6,8H2,1H3,(H3,19,20,21,23);1-4,6,8,11,13-14,23-25H,5,7H2,(H3,18,19,20,22);1-3,5,7,10-12,23-25H,4,6H2,(H3,17,19,20,22);1-4,6,8,11-13,21-23H,5,7H2,(H3,16,18,19,20)/t9-,12-,14-,15+;8-,11-,13-,14+;7-,10-,11-,12+;8-,11-,12-,13+/m1111/s1. The van der Waals surface area contributed by atoms with Gasteiger partial charge in [0.2, 0.25) is 29.7 Å². The highest BCUT2D eigenvalue weighted by Gasteiger charge is 2.45.